The number of amides is 1. The Morgan fingerprint density at radius 2 is 2.04 bits per heavy atom. The number of benzene rings is 1. The number of aromatic nitrogens is 2. The number of aryl methyl sites for hydroxylation is 1. The average molecular weight is 349 g/mol. The number of imidazole rings is 1. The van der Waals surface area contributed by atoms with Crippen LogP contribution in [-0.4, -0.2) is 15.5 Å². The van der Waals surface area contributed by atoms with E-state index in [9.17, 15) is 4.79 Å². The molecule has 3 aromatic rings. The topological polar surface area (TPSA) is 60.1 Å². The van der Waals surface area contributed by atoms with Gasteiger partial charge in [0, 0.05) is 12.1 Å². The molecule has 1 aliphatic rings. The van der Waals surface area contributed by atoms with Crippen LogP contribution in [0.25, 0.3) is 11.4 Å². The number of nitrogens with one attached hydrogen (secondary N) is 1. The van der Waals surface area contributed by atoms with Crippen LogP contribution in [0.2, 0.25) is 0 Å². The van der Waals surface area contributed by atoms with Crippen molar-refractivity contribution in [2.45, 2.75) is 45.7 Å². The van der Waals surface area contributed by atoms with E-state index in [1.807, 2.05) is 12.1 Å². The van der Waals surface area contributed by atoms with Crippen LogP contribution in [0.1, 0.15) is 46.8 Å². The van der Waals surface area contributed by atoms with Crippen molar-refractivity contribution in [2.24, 2.45) is 0 Å². The molecule has 3 heterocycles. The molecule has 0 atom stereocenters. The van der Waals surface area contributed by atoms with Gasteiger partial charge in [0.25, 0.3) is 5.91 Å². The summed E-state index contributed by atoms with van der Waals surface area (Å²) in [5.74, 6) is 1.50. The van der Waals surface area contributed by atoms with E-state index < -0.39 is 0 Å². The molecule has 0 bridgehead atoms. The summed E-state index contributed by atoms with van der Waals surface area (Å²) in [5, 5.41) is 2.94. The van der Waals surface area contributed by atoms with Crippen molar-refractivity contribution in [1.82, 2.24) is 14.9 Å². The molecule has 134 valence electrons. The Bertz CT molecular complexity index is 892. The number of hydrogen-bond donors (Lipinski definition) is 1. The van der Waals surface area contributed by atoms with E-state index in [0.29, 0.717) is 12.2 Å². The number of carbonyl (C=O) groups excluding carboxylic acids is 1. The van der Waals surface area contributed by atoms with Crippen molar-refractivity contribution in [3.63, 3.8) is 0 Å². The Kier molecular flexibility index (Phi) is 4.61. The number of fused-ring (bicyclic) bond motifs is 1. The first-order chi connectivity index (χ1) is 12.7. The molecule has 0 aliphatic carbocycles. The predicted molar refractivity (Wildman–Crippen MR) is 99.8 cm³/mol. The van der Waals surface area contributed by atoms with Gasteiger partial charge in [-0.3, -0.25) is 4.79 Å². The third-order valence-electron chi connectivity index (χ3n) is 4.90. The second kappa shape index (κ2) is 7.20. The molecule has 5 nitrogen and oxygen atoms in total. The largest absolute Gasteiger partial charge is 0.467 e. The van der Waals surface area contributed by atoms with Crippen LogP contribution >= 0.6 is 0 Å². The van der Waals surface area contributed by atoms with Gasteiger partial charge in [0.15, 0.2) is 0 Å². The smallest absolute Gasteiger partial charge is 0.272 e. The molecule has 2 aromatic heterocycles. The fraction of sp³-hybridized carbons (Fsp3) is 0.333. The van der Waals surface area contributed by atoms with E-state index in [4.69, 9.17) is 9.40 Å². The monoisotopic (exact) mass is 349 g/mol. The molecule has 0 unspecified atom stereocenters. The van der Waals surface area contributed by atoms with E-state index in [-0.39, 0.29) is 5.91 Å². The van der Waals surface area contributed by atoms with Crippen LogP contribution in [0.15, 0.2) is 47.1 Å². The van der Waals surface area contributed by atoms with Crippen molar-refractivity contribution >= 4 is 5.91 Å². The van der Waals surface area contributed by atoms with E-state index in [1.165, 1.54) is 12.0 Å². The summed E-state index contributed by atoms with van der Waals surface area (Å²) >= 11 is 0. The summed E-state index contributed by atoms with van der Waals surface area (Å²) in [4.78, 5) is 17.5. The van der Waals surface area contributed by atoms with E-state index in [2.05, 4.69) is 41.1 Å². The van der Waals surface area contributed by atoms with E-state index in [1.54, 1.807) is 6.26 Å². The molecule has 1 aliphatic heterocycles. The zero-order valence-electron chi connectivity index (χ0n) is 15.0. The lowest BCUT2D eigenvalue weighted by atomic mass is 10.1. The minimum atomic E-state index is -0.134. The third kappa shape index (κ3) is 3.29. The molecule has 4 rings (SSSR count). The molecule has 0 fully saturated rings. The fourth-order valence-electron chi connectivity index (χ4n) is 3.49. The summed E-state index contributed by atoms with van der Waals surface area (Å²) in [7, 11) is 0. The average Bonchev–Trinajstić information content (AvgIpc) is 3.23. The van der Waals surface area contributed by atoms with Crippen LogP contribution in [0.5, 0.6) is 0 Å². The third-order valence-corrected chi connectivity index (χ3v) is 4.90. The molecule has 0 spiro atoms. The molecular weight excluding hydrogens is 326 g/mol. The minimum Gasteiger partial charge on any atom is -0.467 e. The molecule has 0 radical (unpaired) electrons. The summed E-state index contributed by atoms with van der Waals surface area (Å²) < 4.78 is 7.53. The first-order valence-corrected chi connectivity index (χ1v) is 9.19. The Balaban J connectivity index is 1.67. The standard InChI is InChI=1S/C21H23N3O2/c1-15-8-10-16(11-9-15)20-23-19(18-7-3-2-4-12-24(18)20)21(25)22-14-17-6-5-13-26-17/h5-6,8-11,13H,2-4,7,12,14H2,1H3,(H,22,25). The van der Waals surface area contributed by atoms with Gasteiger partial charge in [-0.05, 0) is 38.3 Å². The number of hydrogen-bond acceptors (Lipinski definition) is 3. The van der Waals surface area contributed by atoms with Crippen LogP contribution in [0, 0.1) is 6.92 Å². The van der Waals surface area contributed by atoms with Crippen molar-refractivity contribution in [3.05, 3.63) is 65.4 Å². The maximum atomic E-state index is 12.8. The maximum Gasteiger partial charge on any atom is 0.272 e. The molecule has 1 aromatic carbocycles. The molecule has 0 saturated carbocycles. The van der Waals surface area contributed by atoms with Gasteiger partial charge in [-0.15, -0.1) is 0 Å². The first-order valence-electron chi connectivity index (χ1n) is 9.19. The minimum absolute atomic E-state index is 0.134. The molecule has 5 heteroatoms. The summed E-state index contributed by atoms with van der Waals surface area (Å²) in [6, 6.07) is 12.0. The van der Waals surface area contributed by atoms with Gasteiger partial charge in [0.1, 0.15) is 17.3 Å². The quantitative estimate of drug-likeness (QED) is 0.771. The van der Waals surface area contributed by atoms with Crippen LogP contribution in [-0.2, 0) is 19.5 Å². The molecular formula is C21H23N3O2. The normalized spacial score (nSPS) is 13.9. The lowest BCUT2D eigenvalue weighted by molar-refractivity contribution is 0.0942. The van der Waals surface area contributed by atoms with Crippen molar-refractivity contribution in [2.75, 3.05) is 0 Å². The zero-order valence-corrected chi connectivity index (χ0v) is 15.0. The first kappa shape index (κ1) is 16.6. The van der Waals surface area contributed by atoms with Gasteiger partial charge in [-0.1, -0.05) is 36.2 Å². The lowest BCUT2D eigenvalue weighted by Crippen LogP contribution is -2.24. The Hall–Kier alpha value is -2.82. The number of furan rings is 1. The summed E-state index contributed by atoms with van der Waals surface area (Å²) in [6.45, 7) is 3.36. The Labute approximate surface area is 153 Å². The molecule has 0 saturated heterocycles. The highest BCUT2D eigenvalue weighted by Gasteiger charge is 2.24. The van der Waals surface area contributed by atoms with Crippen LogP contribution in [0.3, 0.4) is 0 Å². The zero-order chi connectivity index (χ0) is 17.9. The second-order valence-corrected chi connectivity index (χ2v) is 6.82. The van der Waals surface area contributed by atoms with Gasteiger partial charge < -0.3 is 14.3 Å². The van der Waals surface area contributed by atoms with Gasteiger partial charge >= 0.3 is 0 Å². The molecule has 1 N–H and O–H groups in total. The highest BCUT2D eigenvalue weighted by molar-refractivity contribution is 5.94. The number of nitrogens with zero attached hydrogens (tertiary/aromatic N) is 2. The highest BCUT2D eigenvalue weighted by Crippen LogP contribution is 2.27. The van der Waals surface area contributed by atoms with Gasteiger partial charge in [0.2, 0.25) is 0 Å². The summed E-state index contributed by atoms with van der Waals surface area (Å²) in [6.07, 6.45) is 5.90. The predicted octanol–water partition coefficient (Wildman–Crippen LogP) is 4.11. The van der Waals surface area contributed by atoms with Gasteiger partial charge in [0.05, 0.1) is 18.5 Å². The highest BCUT2D eigenvalue weighted by atomic mass is 16.3. The fourth-order valence-corrected chi connectivity index (χ4v) is 3.49. The summed E-state index contributed by atoms with van der Waals surface area (Å²) in [5.41, 5.74) is 3.88. The van der Waals surface area contributed by atoms with Crippen molar-refractivity contribution in [1.29, 1.82) is 0 Å². The second-order valence-electron chi connectivity index (χ2n) is 6.82. The van der Waals surface area contributed by atoms with Gasteiger partial charge in [-0.2, -0.15) is 0 Å². The Morgan fingerprint density at radius 3 is 2.81 bits per heavy atom. The number of rotatable bonds is 4. The van der Waals surface area contributed by atoms with E-state index in [0.717, 1.165) is 48.6 Å². The van der Waals surface area contributed by atoms with Crippen LogP contribution < -0.4 is 5.32 Å². The van der Waals surface area contributed by atoms with E-state index >= 15 is 0 Å². The lowest BCUT2D eigenvalue weighted by Gasteiger charge is -2.09. The van der Waals surface area contributed by atoms with Crippen molar-refractivity contribution < 1.29 is 9.21 Å². The number of carbonyl (C=O) groups is 1. The van der Waals surface area contributed by atoms with Crippen LogP contribution in [0.4, 0.5) is 0 Å². The molecule has 26 heavy (non-hydrogen) atoms. The Morgan fingerprint density at radius 1 is 1.19 bits per heavy atom. The van der Waals surface area contributed by atoms with Crippen molar-refractivity contribution in [3.8, 4) is 11.4 Å². The maximum absolute atomic E-state index is 12.8. The van der Waals surface area contributed by atoms with Gasteiger partial charge in [-0.25, -0.2) is 4.98 Å². The molecule has 1 amide bonds. The SMILES string of the molecule is Cc1ccc(-c2nc(C(=O)NCc3ccco3)c3n2CCCCC3)cc1.